The average molecular weight is 264 g/mol. The van der Waals surface area contributed by atoms with Crippen LogP contribution in [0.15, 0.2) is 17.4 Å². The number of hydrogen-bond acceptors (Lipinski definition) is 5. The minimum absolute atomic E-state index is 0.414. The van der Waals surface area contributed by atoms with E-state index in [-0.39, 0.29) is 0 Å². The van der Waals surface area contributed by atoms with Gasteiger partial charge < -0.3 is 0 Å². The maximum Gasteiger partial charge on any atom is 0.187 e. The predicted molar refractivity (Wildman–Crippen MR) is 74.4 cm³/mol. The smallest absolute Gasteiger partial charge is 0.187 e. The molecule has 1 heterocycles. The van der Waals surface area contributed by atoms with Crippen molar-refractivity contribution < 1.29 is 0 Å². The van der Waals surface area contributed by atoms with E-state index in [2.05, 4.69) is 21.4 Å². The first kappa shape index (κ1) is 14.9. The summed E-state index contributed by atoms with van der Waals surface area (Å²) in [7, 11) is 0. The normalized spacial score (nSPS) is 13.9. The minimum Gasteiger partial charge on any atom is -0.300 e. The predicted octanol–water partition coefficient (Wildman–Crippen LogP) is 2.55. The zero-order chi connectivity index (χ0) is 13.4. The third kappa shape index (κ3) is 5.03. The summed E-state index contributed by atoms with van der Waals surface area (Å²) in [5, 5.41) is 13.2. The van der Waals surface area contributed by atoms with Crippen LogP contribution in [0, 0.1) is 18.3 Å². The van der Waals surface area contributed by atoms with Crippen molar-refractivity contribution in [1.82, 2.24) is 15.3 Å². The zero-order valence-electron chi connectivity index (χ0n) is 11.2. The fraction of sp³-hybridized carbons (Fsp3) is 0.615. The van der Waals surface area contributed by atoms with Crippen molar-refractivity contribution in [2.75, 3.05) is 12.3 Å². The highest BCUT2D eigenvalue weighted by Gasteiger charge is 2.21. The van der Waals surface area contributed by atoms with Gasteiger partial charge in [0, 0.05) is 17.6 Å². The van der Waals surface area contributed by atoms with Crippen LogP contribution in [0.1, 0.15) is 32.4 Å². The van der Waals surface area contributed by atoms with Crippen molar-refractivity contribution >= 4 is 11.8 Å². The van der Waals surface area contributed by atoms with E-state index in [0.29, 0.717) is 0 Å². The van der Waals surface area contributed by atoms with Crippen molar-refractivity contribution in [3.63, 3.8) is 0 Å². The summed E-state index contributed by atoms with van der Waals surface area (Å²) in [6.45, 7) is 6.75. The molecule has 1 atom stereocenters. The van der Waals surface area contributed by atoms with Crippen molar-refractivity contribution in [1.29, 1.82) is 5.26 Å². The van der Waals surface area contributed by atoms with Crippen LogP contribution in [0.2, 0.25) is 0 Å². The van der Waals surface area contributed by atoms with E-state index in [1.54, 1.807) is 18.0 Å². The lowest BCUT2D eigenvalue weighted by Crippen LogP contribution is -2.40. The average Bonchev–Trinajstić information content (AvgIpc) is 2.35. The molecule has 5 heteroatoms. The van der Waals surface area contributed by atoms with Crippen molar-refractivity contribution in [3.8, 4) is 6.07 Å². The van der Waals surface area contributed by atoms with Crippen LogP contribution in [0.3, 0.4) is 0 Å². The molecule has 0 fully saturated rings. The summed E-state index contributed by atoms with van der Waals surface area (Å²) in [6, 6.07) is 4.23. The monoisotopic (exact) mass is 264 g/mol. The Kier molecular flexibility index (Phi) is 6.10. The molecule has 0 spiro atoms. The van der Waals surface area contributed by atoms with Crippen LogP contribution in [-0.4, -0.2) is 27.8 Å². The molecule has 0 saturated carbocycles. The lowest BCUT2D eigenvalue weighted by Gasteiger charge is -2.21. The maximum atomic E-state index is 9.13. The molecule has 0 aromatic carbocycles. The topological polar surface area (TPSA) is 61.6 Å². The van der Waals surface area contributed by atoms with Crippen LogP contribution < -0.4 is 5.32 Å². The van der Waals surface area contributed by atoms with Crippen molar-refractivity contribution in [2.24, 2.45) is 0 Å². The highest BCUT2D eigenvalue weighted by molar-refractivity contribution is 7.99. The van der Waals surface area contributed by atoms with Gasteiger partial charge >= 0.3 is 0 Å². The molecule has 0 aliphatic heterocycles. The van der Waals surface area contributed by atoms with E-state index in [9.17, 15) is 0 Å². The Morgan fingerprint density at radius 3 is 2.94 bits per heavy atom. The summed E-state index contributed by atoms with van der Waals surface area (Å²) >= 11 is 1.64. The molecule has 0 radical (unpaired) electrons. The Morgan fingerprint density at radius 2 is 2.33 bits per heavy atom. The molecule has 1 unspecified atom stereocenters. The van der Waals surface area contributed by atoms with E-state index in [0.717, 1.165) is 36.0 Å². The number of nitrogens with zero attached hydrogens (tertiary/aromatic N) is 3. The van der Waals surface area contributed by atoms with Gasteiger partial charge in [-0.2, -0.15) is 5.26 Å². The molecule has 0 bridgehead atoms. The highest BCUT2D eigenvalue weighted by atomic mass is 32.2. The molecule has 1 N–H and O–H groups in total. The number of aromatic nitrogens is 2. The number of nitriles is 1. The second-order valence-corrected chi connectivity index (χ2v) is 5.47. The Morgan fingerprint density at radius 1 is 1.56 bits per heavy atom. The number of hydrogen-bond donors (Lipinski definition) is 1. The van der Waals surface area contributed by atoms with Crippen LogP contribution >= 0.6 is 11.8 Å². The van der Waals surface area contributed by atoms with Gasteiger partial charge in [0.1, 0.15) is 5.54 Å². The third-order valence-electron chi connectivity index (χ3n) is 2.64. The zero-order valence-corrected chi connectivity index (χ0v) is 12.0. The summed E-state index contributed by atoms with van der Waals surface area (Å²) in [6.07, 6.45) is 3.60. The highest BCUT2D eigenvalue weighted by Crippen LogP contribution is 2.18. The van der Waals surface area contributed by atoms with Gasteiger partial charge in [-0.25, -0.2) is 9.97 Å². The standard InChI is InChI=1S/C13H20N4S/c1-4-16-13(3,10-14)7-5-9-18-12-15-8-6-11(2)17-12/h6,8,16H,4-5,7,9H2,1-3H3. The summed E-state index contributed by atoms with van der Waals surface area (Å²) < 4.78 is 0. The molecule has 0 aliphatic rings. The number of thioether (sulfide) groups is 1. The van der Waals surface area contributed by atoms with Crippen LogP contribution in [0.4, 0.5) is 0 Å². The Bertz CT molecular complexity index is 416. The second-order valence-electron chi connectivity index (χ2n) is 4.41. The Hall–Kier alpha value is -1.12. The molecule has 98 valence electrons. The molecule has 4 nitrogen and oxygen atoms in total. The van der Waals surface area contributed by atoms with Crippen LogP contribution in [0.5, 0.6) is 0 Å². The molecule has 0 aliphatic carbocycles. The first-order valence-corrected chi connectivity index (χ1v) is 7.17. The molecule has 0 amide bonds. The largest absolute Gasteiger partial charge is 0.300 e. The van der Waals surface area contributed by atoms with Crippen LogP contribution in [-0.2, 0) is 0 Å². The van der Waals surface area contributed by atoms with Crippen molar-refractivity contribution in [3.05, 3.63) is 18.0 Å². The van der Waals surface area contributed by atoms with Gasteiger partial charge in [0.25, 0.3) is 0 Å². The maximum absolute atomic E-state index is 9.13. The number of aryl methyl sites for hydroxylation is 1. The van der Waals surface area contributed by atoms with Gasteiger partial charge in [-0.05, 0) is 39.3 Å². The Balaban J connectivity index is 2.32. The first-order chi connectivity index (χ1) is 8.59. The molecule has 1 rings (SSSR count). The summed E-state index contributed by atoms with van der Waals surface area (Å²) in [4.78, 5) is 8.54. The Labute approximate surface area is 113 Å². The molecule has 1 aromatic rings. The lowest BCUT2D eigenvalue weighted by molar-refractivity contribution is 0.426. The number of nitrogens with one attached hydrogen (secondary N) is 1. The van der Waals surface area contributed by atoms with Gasteiger partial charge in [0.2, 0.25) is 0 Å². The van der Waals surface area contributed by atoms with Gasteiger partial charge in [-0.3, -0.25) is 5.32 Å². The van der Waals surface area contributed by atoms with Crippen molar-refractivity contribution in [2.45, 2.75) is 44.3 Å². The quantitative estimate of drug-likeness (QED) is 0.466. The van der Waals surface area contributed by atoms with E-state index in [1.807, 2.05) is 26.8 Å². The molecule has 1 aromatic heterocycles. The summed E-state index contributed by atoms with van der Waals surface area (Å²) in [5.74, 6) is 0.937. The molecular weight excluding hydrogens is 244 g/mol. The minimum atomic E-state index is -0.414. The van der Waals surface area contributed by atoms with E-state index >= 15 is 0 Å². The van der Waals surface area contributed by atoms with E-state index < -0.39 is 5.54 Å². The molecule has 0 saturated heterocycles. The molecule has 18 heavy (non-hydrogen) atoms. The lowest BCUT2D eigenvalue weighted by atomic mass is 9.98. The third-order valence-corrected chi connectivity index (χ3v) is 3.59. The number of rotatable bonds is 7. The molecular formula is C13H20N4S. The van der Waals surface area contributed by atoms with E-state index in [4.69, 9.17) is 5.26 Å². The fourth-order valence-corrected chi connectivity index (χ4v) is 2.47. The van der Waals surface area contributed by atoms with Gasteiger partial charge in [-0.1, -0.05) is 18.7 Å². The van der Waals surface area contributed by atoms with Gasteiger partial charge in [0.05, 0.1) is 6.07 Å². The van der Waals surface area contributed by atoms with Crippen LogP contribution in [0.25, 0.3) is 0 Å². The summed E-state index contributed by atoms with van der Waals surface area (Å²) in [5.41, 5.74) is 0.574. The fourth-order valence-electron chi connectivity index (χ4n) is 1.66. The van der Waals surface area contributed by atoms with E-state index in [1.165, 1.54) is 0 Å². The SMILES string of the molecule is CCNC(C)(C#N)CCCSc1nccc(C)n1. The first-order valence-electron chi connectivity index (χ1n) is 6.18. The van der Waals surface area contributed by atoms with Gasteiger partial charge in [0.15, 0.2) is 5.16 Å². The second kappa shape index (κ2) is 7.34. The van der Waals surface area contributed by atoms with Gasteiger partial charge in [-0.15, -0.1) is 0 Å².